The van der Waals surface area contributed by atoms with E-state index in [1.54, 1.807) is 37.6 Å². The third-order valence-electron chi connectivity index (χ3n) is 4.01. The molecule has 0 aromatic heterocycles. The molecule has 2 unspecified atom stereocenters. The molecule has 0 aliphatic carbocycles. The SMILES string of the molecule is COc1cccc(C(CNC(=O)c2ccc(S(C)=O)cc2)N(C)C)c1. The zero-order valence-electron chi connectivity index (χ0n) is 15.0. The largest absolute Gasteiger partial charge is 0.497 e. The van der Waals surface area contributed by atoms with Gasteiger partial charge in [0.15, 0.2) is 0 Å². The predicted octanol–water partition coefficient (Wildman–Crippen LogP) is 2.47. The number of benzene rings is 2. The molecule has 1 N–H and O–H groups in total. The normalized spacial score (nSPS) is 13.3. The Labute approximate surface area is 151 Å². The highest BCUT2D eigenvalue weighted by Gasteiger charge is 2.16. The number of carbonyl (C=O) groups is 1. The molecule has 0 heterocycles. The number of rotatable bonds is 7. The molecular weight excluding hydrogens is 336 g/mol. The van der Waals surface area contributed by atoms with E-state index >= 15 is 0 Å². The van der Waals surface area contributed by atoms with E-state index in [-0.39, 0.29) is 11.9 Å². The third-order valence-corrected chi connectivity index (χ3v) is 4.94. The lowest BCUT2D eigenvalue weighted by Gasteiger charge is -2.25. The standard InChI is InChI=1S/C19H24N2O3S/c1-21(2)18(15-6-5-7-16(12-15)24-3)13-20-19(22)14-8-10-17(11-9-14)25(4)23/h5-12,18H,13H2,1-4H3,(H,20,22). The Balaban J connectivity index is 2.07. The molecule has 134 valence electrons. The van der Waals surface area contributed by atoms with Crippen LogP contribution >= 0.6 is 0 Å². The maximum absolute atomic E-state index is 12.4. The van der Waals surface area contributed by atoms with Crippen molar-refractivity contribution in [2.75, 3.05) is 34.0 Å². The summed E-state index contributed by atoms with van der Waals surface area (Å²) in [6.07, 6.45) is 1.62. The molecule has 0 aliphatic heterocycles. The van der Waals surface area contributed by atoms with Crippen molar-refractivity contribution in [1.29, 1.82) is 0 Å². The van der Waals surface area contributed by atoms with Crippen LogP contribution in [0.2, 0.25) is 0 Å². The fourth-order valence-corrected chi connectivity index (χ4v) is 3.06. The number of ether oxygens (including phenoxy) is 1. The molecule has 0 aliphatic rings. The summed E-state index contributed by atoms with van der Waals surface area (Å²) in [5.74, 6) is 0.641. The van der Waals surface area contributed by atoms with Crippen LogP contribution in [0.3, 0.4) is 0 Å². The smallest absolute Gasteiger partial charge is 0.251 e. The summed E-state index contributed by atoms with van der Waals surface area (Å²) in [5, 5.41) is 2.97. The topological polar surface area (TPSA) is 58.6 Å². The van der Waals surface area contributed by atoms with E-state index in [1.165, 1.54) is 0 Å². The van der Waals surface area contributed by atoms with Gasteiger partial charge in [-0.25, -0.2) is 0 Å². The Morgan fingerprint density at radius 2 is 1.88 bits per heavy atom. The van der Waals surface area contributed by atoms with Gasteiger partial charge in [0, 0.05) is 34.1 Å². The summed E-state index contributed by atoms with van der Waals surface area (Å²) in [5.41, 5.74) is 1.62. The average molecular weight is 360 g/mol. The number of nitrogens with one attached hydrogen (secondary N) is 1. The molecule has 2 atom stereocenters. The average Bonchev–Trinajstić information content (AvgIpc) is 2.61. The first-order valence-electron chi connectivity index (χ1n) is 7.94. The minimum absolute atomic E-state index is 0.0291. The zero-order chi connectivity index (χ0) is 18.4. The second-order valence-corrected chi connectivity index (χ2v) is 7.32. The summed E-state index contributed by atoms with van der Waals surface area (Å²) in [4.78, 5) is 15.1. The lowest BCUT2D eigenvalue weighted by molar-refractivity contribution is 0.0942. The molecule has 2 aromatic rings. The molecule has 0 radical (unpaired) electrons. The van der Waals surface area contributed by atoms with E-state index in [0.29, 0.717) is 17.0 Å². The van der Waals surface area contributed by atoms with Gasteiger partial charge >= 0.3 is 0 Å². The molecule has 2 rings (SSSR count). The molecule has 5 nitrogen and oxygen atoms in total. The summed E-state index contributed by atoms with van der Waals surface area (Å²) in [7, 11) is 4.54. The molecule has 0 spiro atoms. The number of nitrogens with zero attached hydrogens (tertiary/aromatic N) is 1. The van der Waals surface area contributed by atoms with Crippen LogP contribution in [0, 0.1) is 0 Å². The maximum atomic E-state index is 12.4. The Hall–Kier alpha value is -2.18. The van der Waals surface area contributed by atoms with Crippen LogP contribution in [0.4, 0.5) is 0 Å². The van der Waals surface area contributed by atoms with Crippen molar-refractivity contribution in [1.82, 2.24) is 10.2 Å². The molecule has 1 amide bonds. The molecule has 25 heavy (non-hydrogen) atoms. The number of methoxy groups -OCH3 is 1. The summed E-state index contributed by atoms with van der Waals surface area (Å²) in [6, 6.07) is 14.7. The maximum Gasteiger partial charge on any atom is 0.251 e. The van der Waals surface area contributed by atoms with Crippen molar-refractivity contribution in [2.45, 2.75) is 10.9 Å². The summed E-state index contributed by atoms with van der Waals surface area (Å²) >= 11 is 0. The fourth-order valence-electron chi connectivity index (χ4n) is 2.54. The van der Waals surface area contributed by atoms with Crippen molar-refractivity contribution >= 4 is 16.7 Å². The predicted molar refractivity (Wildman–Crippen MR) is 101 cm³/mol. The summed E-state index contributed by atoms with van der Waals surface area (Å²) in [6.45, 7) is 0.473. The first-order valence-corrected chi connectivity index (χ1v) is 9.50. The molecule has 0 fully saturated rings. The van der Waals surface area contributed by atoms with Gasteiger partial charge in [0.2, 0.25) is 0 Å². The first-order chi connectivity index (χ1) is 11.9. The third kappa shape index (κ3) is 5.14. The lowest BCUT2D eigenvalue weighted by atomic mass is 10.1. The van der Waals surface area contributed by atoms with Crippen molar-refractivity contribution in [2.24, 2.45) is 0 Å². The molecule has 2 aromatic carbocycles. The van der Waals surface area contributed by atoms with Gasteiger partial charge in [-0.05, 0) is 56.1 Å². The minimum atomic E-state index is -1.05. The van der Waals surface area contributed by atoms with Gasteiger partial charge in [0.05, 0.1) is 13.2 Å². The van der Waals surface area contributed by atoms with Crippen LogP contribution in [-0.4, -0.2) is 49.0 Å². The Morgan fingerprint density at radius 3 is 2.44 bits per heavy atom. The van der Waals surface area contributed by atoms with E-state index in [1.807, 2.05) is 38.4 Å². The number of hydrogen-bond acceptors (Lipinski definition) is 4. The number of likely N-dealkylation sites (N-methyl/N-ethyl adjacent to an activating group) is 1. The second kappa shape index (κ2) is 8.78. The summed E-state index contributed by atoms with van der Waals surface area (Å²) < 4.78 is 16.7. The fraction of sp³-hybridized carbons (Fsp3) is 0.316. The quantitative estimate of drug-likeness (QED) is 0.824. The van der Waals surface area contributed by atoms with E-state index in [2.05, 4.69) is 10.2 Å². The first kappa shape index (κ1) is 19.1. The highest BCUT2D eigenvalue weighted by Crippen LogP contribution is 2.22. The van der Waals surface area contributed by atoms with Crippen LogP contribution in [-0.2, 0) is 10.8 Å². The molecule has 6 heteroatoms. The van der Waals surface area contributed by atoms with Crippen LogP contribution in [0.25, 0.3) is 0 Å². The molecule has 0 bridgehead atoms. The van der Waals surface area contributed by atoms with Crippen molar-refractivity contribution in [3.63, 3.8) is 0 Å². The molecule has 0 saturated heterocycles. The van der Waals surface area contributed by atoms with Crippen molar-refractivity contribution in [3.05, 3.63) is 59.7 Å². The van der Waals surface area contributed by atoms with E-state index in [9.17, 15) is 9.00 Å². The number of carbonyl (C=O) groups excluding carboxylic acids is 1. The molecule has 0 saturated carbocycles. The second-order valence-electron chi connectivity index (χ2n) is 5.94. The number of amides is 1. The van der Waals surface area contributed by atoms with Crippen molar-refractivity contribution < 1.29 is 13.7 Å². The number of hydrogen-bond donors (Lipinski definition) is 1. The molecular formula is C19H24N2O3S. The van der Waals surface area contributed by atoms with Crippen LogP contribution < -0.4 is 10.1 Å². The van der Waals surface area contributed by atoms with Gasteiger partial charge in [-0.2, -0.15) is 0 Å². The van der Waals surface area contributed by atoms with Crippen LogP contribution in [0.1, 0.15) is 22.0 Å². The van der Waals surface area contributed by atoms with E-state index in [0.717, 1.165) is 11.3 Å². The van der Waals surface area contributed by atoms with Gasteiger partial charge in [-0.15, -0.1) is 0 Å². The van der Waals surface area contributed by atoms with E-state index < -0.39 is 10.8 Å². The van der Waals surface area contributed by atoms with Crippen LogP contribution in [0.5, 0.6) is 5.75 Å². The lowest BCUT2D eigenvalue weighted by Crippen LogP contribution is -2.34. The minimum Gasteiger partial charge on any atom is -0.497 e. The highest BCUT2D eigenvalue weighted by molar-refractivity contribution is 7.84. The van der Waals surface area contributed by atoms with Gasteiger partial charge in [-0.1, -0.05) is 12.1 Å². The zero-order valence-corrected chi connectivity index (χ0v) is 15.8. The Bertz CT molecular complexity index is 745. The van der Waals surface area contributed by atoms with Gasteiger partial charge < -0.3 is 15.0 Å². The Kier molecular flexibility index (Phi) is 6.73. The highest BCUT2D eigenvalue weighted by atomic mass is 32.2. The van der Waals surface area contributed by atoms with Crippen LogP contribution in [0.15, 0.2) is 53.4 Å². The Morgan fingerprint density at radius 1 is 1.20 bits per heavy atom. The van der Waals surface area contributed by atoms with Gasteiger partial charge in [0.25, 0.3) is 5.91 Å². The van der Waals surface area contributed by atoms with Crippen molar-refractivity contribution in [3.8, 4) is 5.75 Å². The van der Waals surface area contributed by atoms with Gasteiger partial charge in [-0.3, -0.25) is 9.00 Å². The monoisotopic (exact) mass is 360 g/mol. The van der Waals surface area contributed by atoms with Gasteiger partial charge in [0.1, 0.15) is 5.75 Å². The van der Waals surface area contributed by atoms with E-state index in [4.69, 9.17) is 4.74 Å².